The van der Waals surface area contributed by atoms with Gasteiger partial charge in [0.25, 0.3) is 0 Å². The van der Waals surface area contributed by atoms with Crippen molar-refractivity contribution in [1.82, 2.24) is 0 Å². The Labute approximate surface area is 108 Å². The minimum absolute atomic E-state index is 0.0285. The quantitative estimate of drug-likeness (QED) is 0.837. The van der Waals surface area contributed by atoms with Gasteiger partial charge in [-0.25, -0.2) is 4.79 Å². The van der Waals surface area contributed by atoms with E-state index in [0.29, 0.717) is 5.75 Å². The molecule has 1 aromatic rings. The van der Waals surface area contributed by atoms with E-state index in [9.17, 15) is 4.79 Å². The molecule has 0 heterocycles. The van der Waals surface area contributed by atoms with Crippen LogP contribution in [0.5, 0.6) is 5.75 Å². The van der Waals surface area contributed by atoms with E-state index in [-0.39, 0.29) is 6.61 Å². The van der Waals surface area contributed by atoms with Crippen molar-refractivity contribution in [2.45, 2.75) is 13.0 Å². The minimum Gasteiger partial charge on any atom is -0.478 e. The van der Waals surface area contributed by atoms with Crippen LogP contribution in [0.3, 0.4) is 0 Å². The Morgan fingerprint density at radius 2 is 2.25 bits per heavy atom. The van der Waals surface area contributed by atoms with Gasteiger partial charge in [0.05, 0.1) is 6.61 Å². The number of methoxy groups -OCH3 is 1. The smallest absolute Gasteiger partial charge is 0.347 e. The summed E-state index contributed by atoms with van der Waals surface area (Å²) in [4.78, 5) is 10.9. The number of carboxylic acids is 1. The van der Waals surface area contributed by atoms with E-state index >= 15 is 0 Å². The van der Waals surface area contributed by atoms with E-state index in [1.807, 2.05) is 19.1 Å². The highest BCUT2D eigenvalue weighted by Gasteiger charge is 2.19. The predicted octanol–water partition coefficient (Wildman–Crippen LogP) is 2.08. The zero-order valence-corrected chi connectivity index (χ0v) is 11.2. The fourth-order valence-electron chi connectivity index (χ4n) is 1.21. The van der Waals surface area contributed by atoms with Gasteiger partial charge >= 0.3 is 5.97 Å². The second-order valence-electron chi connectivity index (χ2n) is 3.31. The highest BCUT2D eigenvalue weighted by molar-refractivity contribution is 14.1. The summed E-state index contributed by atoms with van der Waals surface area (Å²) in [5.74, 6) is -0.454. The molecule has 0 aromatic heterocycles. The zero-order chi connectivity index (χ0) is 12.1. The molecule has 1 rings (SSSR count). The first-order chi connectivity index (χ1) is 7.54. The number of rotatable bonds is 5. The Kier molecular flexibility index (Phi) is 5.01. The molecule has 0 spiro atoms. The van der Waals surface area contributed by atoms with Gasteiger partial charge < -0.3 is 14.6 Å². The van der Waals surface area contributed by atoms with Gasteiger partial charge in [0.1, 0.15) is 5.75 Å². The fourth-order valence-corrected chi connectivity index (χ4v) is 1.85. The summed E-state index contributed by atoms with van der Waals surface area (Å²) in [7, 11) is 1.44. The van der Waals surface area contributed by atoms with E-state index in [1.165, 1.54) is 7.11 Å². The van der Waals surface area contributed by atoms with Crippen LogP contribution < -0.4 is 4.74 Å². The lowest BCUT2D eigenvalue weighted by molar-refractivity contribution is -0.147. The second-order valence-corrected chi connectivity index (χ2v) is 4.56. The summed E-state index contributed by atoms with van der Waals surface area (Å²) >= 11 is 2.19. The molecule has 0 saturated carbocycles. The molecule has 0 bridgehead atoms. The fraction of sp³-hybridized carbons (Fsp3) is 0.364. The summed E-state index contributed by atoms with van der Waals surface area (Å²) in [6.07, 6.45) is -0.969. The normalized spacial score (nSPS) is 12.2. The molecule has 0 radical (unpaired) electrons. The van der Waals surface area contributed by atoms with Crippen LogP contribution in [0.25, 0.3) is 0 Å². The Balaban J connectivity index is 2.81. The van der Waals surface area contributed by atoms with E-state index in [1.54, 1.807) is 6.07 Å². The predicted molar refractivity (Wildman–Crippen MR) is 67.8 cm³/mol. The van der Waals surface area contributed by atoms with Gasteiger partial charge in [0.15, 0.2) is 0 Å². The van der Waals surface area contributed by atoms with Crippen LogP contribution in [0.2, 0.25) is 0 Å². The average molecular weight is 336 g/mol. The van der Waals surface area contributed by atoms with E-state index in [2.05, 4.69) is 22.6 Å². The number of ether oxygens (including phenoxy) is 2. The van der Waals surface area contributed by atoms with Gasteiger partial charge in [-0.1, -0.05) is 0 Å². The van der Waals surface area contributed by atoms with Crippen molar-refractivity contribution >= 4 is 28.6 Å². The Morgan fingerprint density at radius 3 is 2.75 bits per heavy atom. The molecule has 4 nitrogen and oxygen atoms in total. The highest BCUT2D eigenvalue weighted by atomic mass is 127. The third-order valence-corrected chi connectivity index (χ3v) is 2.67. The Hall–Kier alpha value is -0.820. The molecule has 88 valence electrons. The number of hydrogen-bond donors (Lipinski definition) is 1. The minimum atomic E-state index is -1.03. The van der Waals surface area contributed by atoms with Gasteiger partial charge in [-0.15, -0.1) is 0 Å². The molecular formula is C11H13IO4. The van der Waals surface area contributed by atoms with E-state index < -0.39 is 12.1 Å². The van der Waals surface area contributed by atoms with Crippen LogP contribution in [0.15, 0.2) is 18.2 Å². The van der Waals surface area contributed by atoms with E-state index in [4.69, 9.17) is 14.6 Å². The number of benzene rings is 1. The summed E-state index contributed by atoms with van der Waals surface area (Å²) < 4.78 is 11.3. The van der Waals surface area contributed by atoms with Crippen molar-refractivity contribution in [3.8, 4) is 5.75 Å². The second kappa shape index (κ2) is 6.05. The van der Waals surface area contributed by atoms with Gasteiger partial charge in [0, 0.05) is 10.7 Å². The molecule has 0 saturated heterocycles. The van der Waals surface area contributed by atoms with Crippen LogP contribution in [0.4, 0.5) is 0 Å². The number of halogens is 1. The standard InChI is InChI=1S/C11H13IO4/c1-7-5-8(12)3-4-9(7)16-10(6-15-2)11(13)14/h3-5,10H,6H2,1-2H3,(H,13,14). The molecule has 1 aromatic carbocycles. The van der Waals surface area contributed by atoms with Gasteiger partial charge in [-0.3, -0.25) is 0 Å². The topological polar surface area (TPSA) is 55.8 Å². The van der Waals surface area contributed by atoms with Crippen molar-refractivity contribution < 1.29 is 19.4 Å². The molecular weight excluding hydrogens is 323 g/mol. The highest BCUT2D eigenvalue weighted by Crippen LogP contribution is 2.21. The van der Waals surface area contributed by atoms with E-state index in [0.717, 1.165) is 9.13 Å². The zero-order valence-electron chi connectivity index (χ0n) is 9.07. The van der Waals surface area contributed by atoms with Crippen LogP contribution >= 0.6 is 22.6 Å². The number of aryl methyl sites for hydroxylation is 1. The number of hydrogen-bond acceptors (Lipinski definition) is 3. The van der Waals surface area contributed by atoms with Gasteiger partial charge in [0.2, 0.25) is 6.10 Å². The molecule has 0 amide bonds. The maximum absolute atomic E-state index is 10.9. The summed E-state index contributed by atoms with van der Waals surface area (Å²) in [6.45, 7) is 1.91. The first-order valence-corrected chi connectivity index (χ1v) is 5.77. The largest absolute Gasteiger partial charge is 0.478 e. The number of carboxylic acid groups (broad SMARTS) is 1. The lowest BCUT2D eigenvalue weighted by Crippen LogP contribution is -2.31. The molecule has 5 heteroatoms. The summed E-state index contributed by atoms with van der Waals surface area (Å²) in [6, 6.07) is 5.57. The Morgan fingerprint density at radius 1 is 1.56 bits per heavy atom. The molecule has 1 N–H and O–H groups in total. The first-order valence-electron chi connectivity index (χ1n) is 4.69. The maximum atomic E-state index is 10.9. The van der Waals surface area contributed by atoms with Crippen molar-refractivity contribution in [2.24, 2.45) is 0 Å². The molecule has 1 unspecified atom stereocenters. The monoisotopic (exact) mass is 336 g/mol. The SMILES string of the molecule is COCC(Oc1ccc(I)cc1C)C(=O)O. The van der Waals surface area contributed by atoms with Crippen LogP contribution in [-0.4, -0.2) is 30.9 Å². The number of aliphatic carboxylic acids is 1. The van der Waals surface area contributed by atoms with Crippen molar-refractivity contribution in [3.05, 3.63) is 27.3 Å². The van der Waals surface area contributed by atoms with Crippen LogP contribution in [-0.2, 0) is 9.53 Å². The molecule has 0 fully saturated rings. The first kappa shape index (κ1) is 13.2. The third-order valence-electron chi connectivity index (χ3n) is 2.00. The lowest BCUT2D eigenvalue weighted by Gasteiger charge is -2.15. The third kappa shape index (κ3) is 3.64. The van der Waals surface area contributed by atoms with Crippen molar-refractivity contribution in [1.29, 1.82) is 0 Å². The number of carbonyl (C=O) groups is 1. The van der Waals surface area contributed by atoms with Crippen molar-refractivity contribution in [2.75, 3.05) is 13.7 Å². The van der Waals surface area contributed by atoms with Crippen LogP contribution in [0.1, 0.15) is 5.56 Å². The summed E-state index contributed by atoms with van der Waals surface area (Å²) in [5.41, 5.74) is 0.911. The average Bonchev–Trinajstić information content (AvgIpc) is 2.20. The molecule has 1 atom stereocenters. The molecule has 0 aliphatic carbocycles. The van der Waals surface area contributed by atoms with Crippen LogP contribution in [0, 0.1) is 10.5 Å². The van der Waals surface area contributed by atoms with Gasteiger partial charge in [-0.2, -0.15) is 0 Å². The summed E-state index contributed by atoms with van der Waals surface area (Å²) in [5, 5.41) is 8.90. The Bertz CT molecular complexity index is 378. The van der Waals surface area contributed by atoms with Gasteiger partial charge in [-0.05, 0) is 53.3 Å². The molecule has 16 heavy (non-hydrogen) atoms. The van der Waals surface area contributed by atoms with Crippen molar-refractivity contribution in [3.63, 3.8) is 0 Å². The molecule has 0 aliphatic heterocycles. The molecule has 0 aliphatic rings. The lowest BCUT2D eigenvalue weighted by atomic mass is 10.2. The maximum Gasteiger partial charge on any atom is 0.347 e.